The highest BCUT2D eigenvalue weighted by atomic mass is 32.2. The second kappa shape index (κ2) is 8.41. The Morgan fingerprint density at radius 3 is 2.37 bits per heavy atom. The van der Waals surface area contributed by atoms with E-state index in [1.165, 1.54) is 0 Å². The van der Waals surface area contributed by atoms with Crippen LogP contribution in [0.5, 0.6) is 0 Å². The van der Waals surface area contributed by atoms with E-state index in [0.29, 0.717) is 23.0 Å². The van der Waals surface area contributed by atoms with Crippen molar-refractivity contribution in [2.24, 2.45) is 7.05 Å². The van der Waals surface area contributed by atoms with Crippen molar-refractivity contribution in [3.05, 3.63) is 53.6 Å². The Morgan fingerprint density at radius 1 is 1.11 bits per heavy atom. The molecule has 1 saturated carbocycles. The molecule has 3 heterocycles. The molecule has 0 atom stereocenters. The largest absolute Gasteiger partial charge is 0.340 e. The van der Waals surface area contributed by atoms with Gasteiger partial charge in [0.05, 0.1) is 11.2 Å². The van der Waals surface area contributed by atoms with E-state index in [2.05, 4.69) is 35.8 Å². The van der Waals surface area contributed by atoms with Crippen LogP contribution in [0.4, 0.5) is 32.1 Å². The van der Waals surface area contributed by atoms with E-state index in [9.17, 15) is 17.2 Å². The quantitative estimate of drug-likeness (QED) is 0.348. The molecule has 4 aromatic rings. The summed E-state index contributed by atoms with van der Waals surface area (Å²) in [6.07, 6.45) is 6.19. The van der Waals surface area contributed by atoms with Crippen LogP contribution in [0.25, 0.3) is 11.4 Å². The molecule has 1 aliphatic rings. The van der Waals surface area contributed by atoms with Gasteiger partial charge in [-0.3, -0.25) is 5.10 Å². The van der Waals surface area contributed by atoms with E-state index in [-0.39, 0.29) is 11.9 Å². The van der Waals surface area contributed by atoms with Gasteiger partial charge in [-0.15, -0.1) is 0 Å². The number of nitrogens with zero attached hydrogens (tertiary/aromatic N) is 5. The summed E-state index contributed by atoms with van der Waals surface area (Å²) in [6.45, 7) is 1.86. The van der Waals surface area contributed by atoms with Crippen molar-refractivity contribution in [1.29, 1.82) is 0 Å². The highest BCUT2D eigenvalue weighted by molar-refractivity contribution is 7.90. The van der Waals surface area contributed by atoms with Gasteiger partial charge >= 0.3 is 0 Å². The van der Waals surface area contributed by atoms with Gasteiger partial charge in [0, 0.05) is 36.8 Å². The molecule has 0 bridgehead atoms. The molecule has 3 aromatic heterocycles. The molecule has 3 N–H and O–H groups in total. The molecule has 0 spiro atoms. The number of aromatic nitrogens is 6. The molecule has 10 nitrogen and oxygen atoms in total. The Kier molecular flexibility index (Phi) is 5.50. The SMILES string of the molecule is Cc1cc(Nc2nc(Nc3c(F)cc(S(C)(=O)=O)cc3F)nc(-c3cn(C)cn3)c2C2CC2)n[nH]1. The fourth-order valence-electron chi connectivity index (χ4n) is 3.71. The first-order valence-electron chi connectivity index (χ1n) is 10.7. The summed E-state index contributed by atoms with van der Waals surface area (Å²) in [5.41, 5.74) is 2.21. The molecule has 5 rings (SSSR count). The third-order valence-corrected chi connectivity index (χ3v) is 6.60. The fraction of sp³-hybridized carbons (Fsp3) is 0.273. The molecule has 1 aromatic carbocycles. The molecule has 0 amide bonds. The van der Waals surface area contributed by atoms with E-state index in [1.54, 1.807) is 23.2 Å². The number of imidazole rings is 1. The lowest BCUT2D eigenvalue weighted by atomic mass is 10.1. The predicted molar refractivity (Wildman–Crippen MR) is 126 cm³/mol. The molecule has 35 heavy (non-hydrogen) atoms. The molecule has 1 aliphatic carbocycles. The number of rotatable bonds is 7. The van der Waals surface area contributed by atoms with E-state index < -0.39 is 32.1 Å². The highest BCUT2D eigenvalue weighted by Gasteiger charge is 2.33. The summed E-state index contributed by atoms with van der Waals surface area (Å²) in [5.74, 6) is -1.10. The average Bonchev–Trinajstić information content (AvgIpc) is 3.39. The van der Waals surface area contributed by atoms with Crippen molar-refractivity contribution in [3.8, 4) is 11.4 Å². The summed E-state index contributed by atoms with van der Waals surface area (Å²) in [5, 5.41) is 12.8. The van der Waals surface area contributed by atoms with E-state index in [0.717, 1.165) is 42.5 Å². The van der Waals surface area contributed by atoms with E-state index >= 15 is 0 Å². The van der Waals surface area contributed by atoms with Crippen LogP contribution in [0.1, 0.15) is 30.0 Å². The fourth-order valence-corrected chi connectivity index (χ4v) is 4.34. The van der Waals surface area contributed by atoms with Crippen molar-refractivity contribution >= 4 is 33.1 Å². The maximum absolute atomic E-state index is 14.8. The lowest BCUT2D eigenvalue weighted by molar-refractivity contribution is 0.574. The van der Waals surface area contributed by atoms with Crippen LogP contribution < -0.4 is 10.6 Å². The van der Waals surface area contributed by atoms with Crippen molar-refractivity contribution < 1.29 is 17.2 Å². The molecule has 13 heteroatoms. The third kappa shape index (κ3) is 4.71. The predicted octanol–water partition coefficient (Wildman–Crippen LogP) is 3.95. The monoisotopic (exact) mass is 500 g/mol. The molecule has 0 aliphatic heterocycles. The van der Waals surface area contributed by atoms with Crippen molar-refractivity contribution in [3.63, 3.8) is 0 Å². The summed E-state index contributed by atoms with van der Waals surface area (Å²) in [4.78, 5) is 13.0. The van der Waals surface area contributed by atoms with Gasteiger partial charge in [0.1, 0.15) is 22.9 Å². The topological polar surface area (TPSA) is 130 Å². The Labute approximate surface area is 199 Å². The van der Waals surface area contributed by atoms with Crippen LogP contribution in [0.2, 0.25) is 0 Å². The van der Waals surface area contributed by atoms with Gasteiger partial charge in [0.15, 0.2) is 27.3 Å². The van der Waals surface area contributed by atoms with Crippen LogP contribution in [-0.4, -0.2) is 44.4 Å². The Balaban J connectivity index is 1.63. The Bertz CT molecular complexity index is 1520. The van der Waals surface area contributed by atoms with Gasteiger partial charge in [0.25, 0.3) is 0 Å². The van der Waals surface area contributed by atoms with Gasteiger partial charge in [-0.25, -0.2) is 27.2 Å². The highest BCUT2D eigenvalue weighted by Crippen LogP contribution is 2.47. The summed E-state index contributed by atoms with van der Waals surface area (Å²) in [6, 6.07) is 3.31. The van der Waals surface area contributed by atoms with Gasteiger partial charge in [-0.1, -0.05) is 0 Å². The summed E-state index contributed by atoms with van der Waals surface area (Å²) >= 11 is 0. The molecule has 1 fully saturated rings. The standard InChI is InChI=1S/C22H22F2N8O2S/c1-11-6-17(31-30-11)26-21-18(12-4-5-12)20(16-9-32(2)10-25-16)28-22(29-21)27-19-14(23)7-13(8-15(19)24)35(3,33)34/h6-10,12H,4-5H2,1-3H3,(H3,26,27,28,29,30,31). The molecule has 0 radical (unpaired) electrons. The molecule has 0 saturated heterocycles. The van der Waals surface area contributed by atoms with Crippen LogP contribution in [0, 0.1) is 18.6 Å². The number of H-pyrrole nitrogens is 1. The minimum absolute atomic E-state index is 0.0882. The van der Waals surface area contributed by atoms with Gasteiger partial charge in [-0.05, 0) is 37.8 Å². The van der Waals surface area contributed by atoms with Gasteiger partial charge < -0.3 is 15.2 Å². The van der Waals surface area contributed by atoms with Crippen molar-refractivity contribution in [1.82, 2.24) is 29.7 Å². The van der Waals surface area contributed by atoms with Crippen molar-refractivity contribution in [2.45, 2.75) is 30.6 Å². The van der Waals surface area contributed by atoms with E-state index in [4.69, 9.17) is 0 Å². The molecule has 182 valence electrons. The molecular weight excluding hydrogens is 478 g/mol. The first kappa shape index (κ1) is 22.9. The lowest BCUT2D eigenvalue weighted by Crippen LogP contribution is -2.09. The number of hydrogen-bond acceptors (Lipinski definition) is 8. The number of sulfone groups is 1. The Hall–Kier alpha value is -3.87. The maximum atomic E-state index is 14.8. The number of aromatic amines is 1. The van der Waals surface area contributed by atoms with Crippen LogP contribution in [-0.2, 0) is 16.9 Å². The number of halogens is 2. The first-order valence-corrected chi connectivity index (χ1v) is 12.6. The molecule has 0 unspecified atom stereocenters. The summed E-state index contributed by atoms with van der Waals surface area (Å²) < 4.78 is 54.7. The van der Waals surface area contributed by atoms with Gasteiger partial charge in [-0.2, -0.15) is 10.1 Å². The van der Waals surface area contributed by atoms with E-state index in [1.807, 2.05) is 14.0 Å². The molecular formula is C22H22F2N8O2S. The number of nitrogens with one attached hydrogen (secondary N) is 3. The smallest absolute Gasteiger partial charge is 0.229 e. The normalized spacial score (nSPS) is 13.7. The number of benzene rings is 1. The minimum atomic E-state index is -3.79. The zero-order valence-corrected chi connectivity index (χ0v) is 19.9. The minimum Gasteiger partial charge on any atom is -0.340 e. The third-order valence-electron chi connectivity index (χ3n) is 5.51. The van der Waals surface area contributed by atoms with Crippen molar-refractivity contribution in [2.75, 3.05) is 16.9 Å². The van der Waals surface area contributed by atoms with Crippen LogP contribution >= 0.6 is 0 Å². The zero-order chi connectivity index (χ0) is 24.9. The second-order valence-corrected chi connectivity index (χ2v) is 10.6. The van der Waals surface area contributed by atoms with Crippen LogP contribution in [0.15, 0.2) is 35.6 Å². The summed E-state index contributed by atoms with van der Waals surface area (Å²) in [7, 11) is -1.97. The maximum Gasteiger partial charge on any atom is 0.229 e. The number of hydrogen-bond donors (Lipinski definition) is 3. The first-order chi connectivity index (χ1) is 16.6. The second-order valence-electron chi connectivity index (χ2n) is 8.58. The van der Waals surface area contributed by atoms with Gasteiger partial charge in [0.2, 0.25) is 5.95 Å². The number of aryl methyl sites for hydroxylation is 2. The zero-order valence-electron chi connectivity index (χ0n) is 19.1. The lowest BCUT2D eigenvalue weighted by Gasteiger charge is -2.16. The number of anilines is 4. The average molecular weight is 501 g/mol. The van der Waals surface area contributed by atoms with Crippen LogP contribution in [0.3, 0.4) is 0 Å². The Morgan fingerprint density at radius 2 is 1.83 bits per heavy atom.